The fourth-order valence-electron chi connectivity index (χ4n) is 1.24. The first-order valence-corrected chi connectivity index (χ1v) is 4.98. The maximum atomic E-state index is 11.4. The van der Waals surface area contributed by atoms with E-state index in [9.17, 15) is 9.59 Å². The van der Waals surface area contributed by atoms with Crippen LogP contribution < -0.4 is 5.32 Å². The third kappa shape index (κ3) is 3.68. The van der Waals surface area contributed by atoms with Gasteiger partial charge >= 0.3 is 5.97 Å². The van der Waals surface area contributed by atoms with Gasteiger partial charge in [-0.1, -0.05) is 13.3 Å². The van der Waals surface area contributed by atoms with Crippen molar-refractivity contribution in [1.29, 1.82) is 0 Å². The van der Waals surface area contributed by atoms with Crippen molar-refractivity contribution in [2.75, 3.05) is 6.54 Å². The van der Waals surface area contributed by atoms with E-state index in [4.69, 9.17) is 5.11 Å². The Morgan fingerprint density at radius 1 is 1.62 bits per heavy atom. The van der Waals surface area contributed by atoms with Crippen LogP contribution in [0, 0.1) is 5.92 Å². The van der Waals surface area contributed by atoms with Gasteiger partial charge in [-0.2, -0.15) is 5.10 Å². The van der Waals surface area contributed by atoms with E-state index in [0.29, 0.717) is 13.0 Å². The van der Waals surface area contributed by atoms with Crippen molar-refractivity contribution in [3.05, 3.63) is 12.2 Å². The number of hydrogen-bond donors (Lipinski definition) is 3. The van der Waals surface area contributed by atoms with Crippen molar-refractivity contribution in [3.8, 4) is 0 Å². The number of nitrogens with zero attached hydrogens (tertiary/aromatic N) is 2. The number of nitrogens with one attached hydrogen (secondary N) is 2. The maximum absolute atomic E-state index is 11.4. The van der Waals surface area contributed by atoms with E-state index < -0.39 is 5.97 Å². The van der Waals surface area contributed by atoms with Crippen LogP contribution in [-0.2, 0) is 4.79 Å². The van der Waals surface area contributed by atoms with E-state index in [1.807, 2.05) is 6.92 Å². The van der Waals surface area contributed by atoms with Crippen LogP contribution in [-0.4, -0.2) is 38.7 Å². The Morgan fingerprint density at radius 2 is 2.38 bits per heavy atom. The summed E-state index contributed by atoms with van der Waals surface area (Å²) in [5.41, 5.74) is 0. The number of aromatic nitrogens is 3. The number of aliphatic carboxylic acids is 1. The van der Waals surface area contributed by atoms with Gasteiger partial charge in [-0.05, 0) is 5.92 Å². The number of hydrogen-bond acceptors (Lipinski definition) is 4. The van der Waals surface area contributed by atoms with Crippen LogP contribution in [0.5, 0.6) is 0 Å². The van der Waals surface area contributed by atoms with E-state index >= 15 is 0 Å². The summed E-state index contributed by atoms with van der Waals surface area (Å²) >= 11 is 0. The predicted octanol–water partition coefficient (Wildman–Crippen LogP) is 0.0354. The second kappa shape index (κ2) is 5.84. The van der Waals surface area contributed by atoms with E-state index in [-0.39, 0.29) is 24.1 Å². The van der Waals surface area contributed by atoms with Crippen LogP contribution in [0.1, 0.15) is 30.4 Å². The summed E-state index contributed by atoms with van der Waals surface area (Å²) < 4.78 is 0. The van der Waals surface area contributed by atoms with Crippen molar-refractivity contribution in [2.24, 2.45) is 5.92 Å². The molecule has 1 aromatic heterocycles. The van der Waals surface area contributed by atoms with Gasteiger partial charge < -0.3 is 10.4 Å². The summed E-state index contributed by atoms with van der Waals surface area (Å²) in [6.45, 7) is 2.20. The molecule has 0 fully saturated rings. The van der Waals surface area contributed by atoms with Gasteiger partial charge in [0, 0.05) is 13.0 Å². The first kappa shape index (κ1) is 12.2. The highest BCUT2D eigenvalue weighted by Crippen LogP contribution is 2.06. The van der Waals surface area contributed by atoms with Crippen LogP contribution in [0.25, 0.3) is 0 Å². The Labute approximate surface area is 92.3 Å². The number of rotatable bonds is 6. The molecule has 7 heteroatoms. The number of carboxylic acid groups (broad SMARTS) is 1. The minimum absolute atomic E-state index is 0.0488. The average molecular weight is 226 g/mol. The third-order valence-corrected chi connectivity index (χ3v) is 2.22. The molecular formula is C9H14N4O3. The van der Waals surface area contributed by atoms with Crippen molar-refractivity contribution in [1.82, 2.24) is 20.5 Å². The normalized spacial score (nSPS) is 12.1. The SMILES string of the molecule is CCC(CNC(=O)c1ncn[nH]1)CC(=O)O. The molecule has 0 radical (unpaired) electrons. The van der Waals surface area contributed by atoms with Crippen molar-refractivity contribution in [3.63, 3.8) is 0 Å². The zero-order valence-corrected chi connectivity index (χ0v) is 8.93. The Kier molecular flexibility index (Phi) is 4.43. The number of aromatic amines is 1. The largest absolute Gasteiger partial charge is 0.481 e. The minimum atomic E-state index is -0.860. The molecule has 3 N–H and O–H groups in total. The smallest absolute Gasteiger partial charge is 0.303 e. The second-order valence-electron chi connectivity index (χ2n) is 3.42. The predicted molar refractivity (Wildman–Crippen MR) is 54.7 cm³/mol. The molecule has 88 valence electrons. The number of carboxylic acids is 1. The topological polar surface area (TPSA) is 108 Å². The molecular weight excluding hydrogens is 212 g/mol. The van der Waals surface area contributed by atoms with Gasteiger partial charge in [-0.15, -0.1) is 0 Å². The quantitative estimate of drug-likeness (QED) is 0.634. The van der Waals surface area contributed by atoms with Gasteiger partial charge in [0.15, 0.2) is 0 Å². The van der Waals surface area contributed by atoms with E-state index in [2.05, 4.69) is 20.5 Å². The summed E-state index contributed by atoms with van der Waals surface area (Å²) in [6, 6.07) is 0. The maximum Gasteiger partial charge on any atom is 0.303 e. The van der Waals surface area contributed by atoms with Gasteiger partial charge in [0.05, 0.1) is 0 Å². The van der Waals surface area contributed by atoms with Crippen LogP contribution in [0.3, 0.4) is 0 Å². The minimum Gasteiger partial charge on any atom is -0.481 e. The molecule has 1 heterocycles. The van der Waals surface area contributed by atoms with Crippen molar-refractivity contribution < 1.29 is 14.7 Å². The van der Waals surface area contributed by atoms with Gasteiger partial charge in [-0.25, -0.2) is 4.98 Å². The Hall–Kier alpha value is -1.92. The molecule has 0 aromatic carbocycles. The molecule has 0 aliphatic heterocycles. The first-order valence-electron chi connectivity index (χ1n) is 4.98. The highest BCUT2D eigenvalue weighted by atomic mass is 16.4. The van der Waals surface area contributed by atoms with E-state index in [0.717, 1.165) is 0 Å². The lowest BCUT2D eigenvalue weighted by Gasteiger charge is -2.12. The van der Waals surface area contributed by atoms with Crippen LogP contribution in [0.15, 0.2) is 6.33 Å². The fraction of sp³-hybridized carbons (Fsp3) is 0.556. The number of carbonyl (C=O) groups is 2. The lowest BCUT2D eigenvalue weighted by atomic mass is 10.0. The summed E-state index contributed by atoms with van der Waals surface area (Å²) in [7, 11) is 0. The zero-order valence-electron chi connectivity index (χ0n) is 8.93. The molecule has 0 saturated heterocycles. The molecule has 7 nitrogen and oxygen atoms in total. The first-order chi connectivity index (χ1) is 7.63. The average Bonchev–Trinajstić information content (AvgIpc) is 2.76. The van der Waals surface area contributed by atoms with Gasteiger partial charge in [0.25, 0.3) is 5.91 Å². The molecule has 1 rings (SSSR count). The molecule has 0 aliphatic carbocycles. The molecule has 0 bridgehead atoms. The van der Waals surface area contributed by atoms with Crippen LogP contribution in [0.2, 0.25) is 0 Å². The zero-order chi connectivity index (χ0) is 12.0. The van der Waals surface area contributed by atoms with Gasteiger partial charge in [0.2, 0.25) is 5.82 Å². The Morgan fingerprint density at radius 3 is 2.88 bits per heavy atom. The number of amides is 1. The van der Waals surface area contributed by atoms with Crippen LogP contribution in [0.4, 0.5) is 0 Å². The molecule has 1 aromatic rings. The monoisotopic (exact) mass is 226 g/mol. The van der Waals surface area contributed by atoms with Crippen molar-refractivity contribution in [2.45, 2.75) is 19.8 Å². The molecule has 16 heavy (non-hydrogen) atoms. The molecule has 1 amide bonds. The highest BCUT2D eigenvalue weighted by Gasteiger charge is 2.14. The molecule has 0 spiro atoms. The fourth-order valence-corrected chi connectivity index (χ4v) is 1.24. The molecule has 0 saturated carbocycles. The molecule has 0 aliphatic rings. The molecule has 1 unspecified atom stereocenters. The number of H-pyrrole nitrogens is 1. The summed E-state index contributed by atoms with van der Waals surface area (Å²) in [5.74, 6) is -1.17. The van der Waals surface area contributed by atoms with Crippen molar-refractivity contribution >= 4 is 11.9 Å². The van der Waals surface area contributed by atoms with Gasteiger partial charge in [0.1, 0.15) is 6.33 Å². The summed E-state index contributed by atoms with van der Waals surface area (Å²) in [5, 5.41) is 17.2. The Bertz CT molecular complexity index is 350. The standard InChI is InChI=1S/C9H14N4O3/c1-2-6(3-7(14)15)4-10-9(16)8-11-5-12-13-8/h5-6H,2-4H2,1H3,(H,10,16)(H,14,15)(H,11,12,13). The summed E-state index contributed by atoms with van der Waals surface area (Å²) in [4.78, 5) is 25.6. The van der Waals surface area contributed by atoms with Crippen LogP contribution >= 0.6 is 0 Å². The third-order valence-electron chi connectivity index (χ3n) is 2.22. The molecule has 1 atom stereocenters. The van der Waals surface area contributed by atoms with Gasteiger partial charge in [-0.3, -0.25) is 14.7 Å². The lowest BCUT2D eigenvalue weighted by Crippen LogP contribution is -2.30. The Balaban J connectivity index is 2.38. The lowest BCUT2D eigenvalue weighted by molar-refractivity contribution is -0.138. The number of carbonyl (C=O) groups excluding carboxylic acids is 1. The summed E-state index contributed by atoms with van der Waals surface area (Å²) in [6.07, 6.45) is 1.99. The second-order valence-corrected chi connectivity index (χ2v) is 3.42. The van der Waals surface area contributed by atoms with E-state index in [1.54, 1.807) is 0 Å². The van der Waals surface area contributed by atoms with E-state index in [1.165, 1.54) is 6.33 Å². The highest BCUT2D eigenvalue weighted by molar-refractivity contribution is 5.90.